The first kappa shape index (κ1) is 28.2. The Bertz CT molecular complexity index is 2650. The zero-order valence-electron chi connectivity index (χ0n) is 27.0. The summed E-state index contributed by atoms with van der Waals surface area (Å²) in [6, 6.07) is 39.1. The van der Waals surface area contributed by atoms with Gasteiger partial charge in [-0.05, 0) is 83.0 Å². The smallest absolute Gasteiger partial charge is 0.0991 e. The lowest BCUT2D eigenvalue weighted by Crippen LogP contribution is -2.30. The molecule has 0 bridgehead atoms. The maximum atomic E-state index is 9.74. The number of thiophene rings is 1. The summed E-state index contributed by atoms with van der Waals surface area (Å²) < 4.78 is 3.75. The van der Waals surface area contributed by atoms with Crippen molar-refractivity contribution in [1.82, 2.24) is 4.57 Å². The summed E-state index contributed by atoms with van der Waals surface area (Å²) in [6.45, 7) is 2.36. The molecule has 0 fully saturated rings. The van der Waals surface area contributed by atoms with Crippen LogP contribution in [0.5, 0.6) is 0 Å². The van der Waals surface area contributed by atoms with Crippen molar-refractivity contribution in [3.05, 3.63) is 161 Å². The van der Waals surface area contributed by atoms with Crippen LogP contribution >= 0.6 is 11.3 Å². The maximum Gasteiger partial charge on any atom is 0.0991 e. The minimum Gasteiger partial charge on any atom is -0.397 e. The fourth-order valence-corrected chi connectivity index (χ4v) is 10.2. The van der Waals surface area contributed by atoms with Gasteiger partial charge >= 0.3 is 0 Å². The highest BCUT2D eigenvalue weighted by Gasteiger charge is 2.40. The molecule has 3 heterocycles. The second-order valence-electron chi connectivity index (χ2n) is 13.4. The summed E-state index contributed by atoms with van der Waals surface area (Å²) in [6.07, 6.45) is 12.2. The summed E-state index contributed by atoms with van der Waals surface area (Å²) in [7, 11) is 0. The number of nitrogens with zero attached hydrogens (tertiary/aromatic N) is 3. The van der Waals surface area contributed by atoms with Crippen LogP contribution in [-0.4, -0.2) is 10.6 Å². The largest absolute Gasteiger partial charge is 0.397 e. The number of hydrogen-bond donors (Lipinski definition) is 1. The van der Waals surface area contributed by atoms with Gasteiger partial charge in [-0.15, -0.1) is 11.3 Å². The van der Waals surface area contributed by atoms with Gasteiger partial charge in [0.05, 0.1) is 40.1 Å². The van der Waals surface area contributed by atoms with Crippen molar-refractivity contribution >= 4 is 65.9 Å². The van der Waals surface area contributed by atoms with Gasteiger partial charge in [-0.3, -0.25) is 0 Å². The number of benzene rings is 5. The Morgan fingerprint density at radius 3 is 2.55 bits per heavy atom. The summed E-state index contributed by atoms with van der Waals surface area (Å²) in [5, 5.41) is 13.7. The molecular weight excluding hydrogens is 617 g/mol. The Balaban J connectivity index is 1.21. The van der Waals surface area contributed by atoms with Gasteiger partial charge in [0.25, 0.3) is 0 Å². The van der Waals surface area contributed by atoms with E-state index in [0.717, 1.165) is 29.0 Å². The number of hydrogen-bond acceptors (Lipinski definition) is 4. The monoisotopic (exact) mass is 648 g/mol. The Hall–Kier alpha value is -5.83. The van der Waals surface area contributed by atoms with Crippen LogP contribution in [-0.2, 0) is 0 Å². The minimum absolute atomic E-state index is 0.0751. The first-order valence-corrected chi connectivity index (χ1v) is 17.8. The van der Waals surface area contributed by atoms with E-state index in [-0.39, 0.29) is 12.0 Å². The number of para-hydroxylation sites is 3. The van der Waals surface area contributed by atoms with Gasteiger partial charge in [0.2, 0.25) is 0 Å². The maximum absolute atomic E-state index is 9.74. The molecule has 0 spiro atoms. The first-order valence-electron chi connectivity index (χ1n) is 16.9. The van der Waals surface area contributed by atoms with E-state index < -0.39 is 0 Å². The van der Waals surface area contributed by atoms with Gasteiger partial charge in [0.15, 0.2) is 0 Å². The van der Waals surface area contributed by atoms with Crippen molar-refractivity contribution in [2.24, 2.45) is 0 Å². The number of nitriles is 1. The van der Waals surface area contributed by atoms with Gasteiger partial charge in [-0.2, -0.15) is 5.26 Å². The number of anilines is 3. The van der Waals surface area contributed by atoms with E-state index in [9.17, 15) is 5.26 Å². The normalized spacial score (nSPS) is 19.2. The third kappa shape index (κ3) is 3.95. The molecule has 5 aromatic carbocycles. The SMILES string of the molecule is CC1CC=C(c2cccc(N)c2N2c3ccc(C#N)cc3C3C=CC=CC32)c2sc3c(ccc4c3c3ccccc3n4-c3ccccc3)c21. The number of allylic oxidation sites excluding steroid dienone is 3. The summed E-state index contributed by atoms with van der Waals surface area (Å²) in [5.74, 6) is 0.542. The predicted octanol–water partition coefficient (Wildman–Crippen LogP) is 11.1. The van der Waals surface area contributed by atoms with Gasteiger partial charge in [-0.1, -0.05) is 91.9 Å². The van der Waals surface area contributed by atoms with Crippen LogP contribution in [0.15, 0.2) is 134 Å². The van der Waals surface area contributed by atoms with Crippen LogP contribution < -0.4 is 10.6 Å². The Kier molecular flexibility index (Phi) is 6.09. The fraction of sp³-hybridized carbons (Fsp3) is 0.114. The van der Waals surface area contributed by atoms with E-state index in [1.165, 1.54) is 59.2 Å². The third-order valence-corrected chi connectivity index (χ3v) is 12.0. The summed E-state index contributed by atoms with van der Waals surface area (Å²) in [5.41, 5.74) is 19.2. The van der Waals surface area contributed by atoms with Crippen LogP contribution in [0, 0.1) is 11.3 Å². The predicted molar refractivity (Wildman–Crippen MR) is 205 cm³/mol. The van der Waals surface area contributed by atoms with Crippen molar-refractivity contribution in [2.75, 3.05) is 10.6 Å². The van der Waals surface area contributed by atoms with Crippen molar-refractivity contribution in [2.45, 2.75) is 31.2 Å². The highest BCUT2D eigenvalue weighted by molar-refractivity contribution is 7.21. The molecular formula is C44H32N4S. The molecule has 10 rings (SSSR count). The molecule has 0 saturated heterocycles. The minimum atomic E-state index is 0.0751. The Morgan fingerprint density at radius 1 is 0.837 bits per heavy atom. The molecule has 1 aliphatic heterocycles. The van der Waals surface area contributed by atoms with Crippen molar-refractivity contribution < 1.29 is 0 Å². The molecule has 2 N–H and O–H groups in total. The zero-order valence-corrected chi connectivity index (χ0v) is 27.8. The highest BCUT2D eigenvalue weighted by atomic mass is 32.1. The van der Waals surface area contributed by atoms with Gasteiger partial charge < -0.3 is 15.2 Å². The lowest BCUT2D eigenvalue weighted by atomic mass is 9.84. The van der Waals surface area contributed by atoms with Crippen molar-refractivity contribution in [3.63, 3.8) is 0 Å². The quantitative estimate of drug-likeness (QED) is 0.194. The average molecular weight is 649 g/mol. The fourth-order valence-electron chi connectivity index (χ4n) is 8.63. The van der Waals surface area contributed by atoms with E-state index in [2.05, 4.69) is 144 Å². The number of aromatic nitrogens is 1. The molecule has 4 nitrogen and oxygen atoms in total. The van der Waals surface area contributed by atoms with Crippen LogP contribution in [0.3, 0.4) is 0 Å². The molecule has 3 atom stereocenters. The molecule has 3 unspecified atom stereocenters. The van der Waals surface area contributed by atoms with Gasteiger partial charge in [0.1, 0.15) is 0 Å². The van der Waals surface area contributed by atoms with Crippen molar-refractivity contribution in [1.29, 1.82) is 5.26 Å². The lowest BCUT2D eigenvalue weighted by Gasteiger charge is -2.32. The third-order valence-electron chi connectivity index (χ3n) is 10.7. The van der Waals surface area contributed by atoms with E-state index in [1.54, 1.807) is 0 Å². The topological polar surface area (TPSA) is 58.0 Å². The molecule has 2 aliphatic carbocycles. The van der Waals surface area contributed by atoms with E-state index in [0.29, 0.717) is 11.5 Å². The molecule has 2 aromatic heterocycles. The van der Waals surface area contributed by atoms with E-state index in [4.69, 9.17) is 5.73 Å². The molecule has 0 radical (unpaired) electrons. The second-order valence-corrected chi connectivity index (χ2v) is 14.4. The molecule has 7 aromatic rings. The van der Waals surface area contributed by atoms with Crippen LogP contribution in [0.2, 0.25) is 0 Å². The molecule has 3 aliphatic rings. The Labute approximate surface area is 288 Å². The number of nitrogen functional groups attached to an aromatic ring is 1. The second kappa shape index (κ2) is 10.6. The number of nitrogens with two attached hydrogens (primary N) is 1. The highest BCUT2D eigenvalue weighted by Crippen LogP contribution is 2.55. The molecule has 5 heteroatoms. The summed E-state index contributed by atoms with van der Waals surface area (Å²) in [4.78, 5) is 3.75. The Morgan fingerprint density at radius 2 is 1.67 bits per heavy atom. The molecule has 0 saturated carbocycles. The lowest BCUT2D eigenvalue weighted by molar-refractivity contribution is 0.744. The molecule has 0 amide bonds. The van der Waals surface area contributed by atoms with Gasteiger partial charge in [-0.25, -0.2) is 0 Å². The standard InChI is InChI=1S/C44H32N4S/c1-26-18-20-31(30-14-9-15-35(46)42(30)48-36-16-7-5-12-29(36)34-24-27(25-45)19-22-38(34)48)43-40(26)33-21-23-39-41(44(33)49-43)32-13-6-8-17-37(32)47(39)28-10-3-2-4-11-28/h2-17,19-24,26,29,36H,18,46H2,1H3. The summed E-state index contributed by atoms with van der Waals surface area (Å²) >= 11 is 1.93. The molecule has 234 valence electrons. The van der Waals surface area contributed by atoms with Crippen LogP contribution in [0.4, 0.5) is 17.1 Å². The van der Waals surface area contributed by atoms with Crippen molar-refractivity contribution in [3.8, 4) is 11.8 Å². The van der Waals surface area contributed by atoms with E-state index in [1.807, 2.05) is 23.5 Å². The number of fused-ring (bicyclic) bond motifs is 10. The first-order chi connectivity index (χ1) is 24.1. The number of rotatable bonds is 3. The molecule has 49 heavy (non-hydrogen) atoms. The van der Waals surface area contributed by atoms with Gasteiger partial charge in [0, 0.05) is 43.2 Å². The van der Waals surface area contributed by atoms with Crippen LogP contribution in [0.25, 0.3) is 43.2 Å². The van der Waals surface area contributed by atoms with E-state index >= 15 is 0 Å². The van der Waals surface area contributed by atoms with Crippen LogP contribution in [0.1, 0.15) is 52.3 Å². The zero-order chi connectivity index (χ0) is 32.8. The average Bonchev–Trinajstić information content (AvgIpc) is 3.80.